The Morgan fingerprint density at radius 1 is 1.30 bits per heavy atom. The number of carbonyl (C=O) groups excluding carboxylic acids is 1. The van der Waals surface area contributed by atoms with Crippen LogP contribution in [0.2, 0.25) is 0 Å². The smallest absolute Gasteiger partial charge is 0.267 e. The molecule has 0 bridgehead atoms. The summed E-state index contributed by atoms with van der Waals surface area (Å²) in [6.07, 6.45) is 3.07. The first-order chi connectivity index (χ1) is 9.43. The lowest BCUT2D eigenvalue weighted by Gasteiger charge is -2.07. The number of fused-ring (bicyclic) bond motifs is 1. The molecule has 20 heavy (non-hydrogen) atoms. The number of benzene rings is 1. The Balaban J connectivity index is 2.45. The fourth-order valence-electron chi connectivity index (χ4n) is 1.73. The Morgan fingerprint density at radius 3 is 2.70 bits per heavy atom. The van der Waals surface area contributed by atoms with Gasteiger partial charge in [0.15, 0.2) is 0 Å². The fourth-order valence-corrected chi connectivity index (χ4v) is 2.76. The zero-order chi connectivity index (χ0) is 14.8. The molecule has 1 aromatic carbocycles. The maximum Gasteiger partial charge on any atom is 0.267 e. The van der Waals surface area contributed by atoms with Crippen LogP contribution in [0.4, 0.5) is 4.39 Å². The largest absolute Gasteiger partial charge is 0.268 e. The zero-order valence-electron chi connectivity index (χ0n) is 10.6. The molecular formula is C12H12FN3O3S. The van der Waals surface area contributed by atoms with Gasteiger partial charge in [-0.1, -0.05) is 6.92 Å². The number of sulfonamides is 1. The monoisotopic (exact) mass is 297 g/mol. The molecule has 8 heteroatoms. The van der Waals surface area contributed by atoms with Crippen LogP contribution < -0.4 is 4.72 Å². The van der Waals surface area contributed by atoms with Gasteiger partial charge in [-0.05, 0) is 12.5 Å². The van der Waals surface area contributed by atoms with Crippen molar-refractivity contribution in [3.05, 3.63) is 35.9 Å². The van der Waals surface area contributed by atoms with E-state index in [9.17, 15) is 17.6 Å². The molecular weight excluding hydrogens is 285 g/mol. The molecule has 0 fully saturated rings. The standard InChI is InChI=1S/C12H12FN3O3S/c1-2-5-20(18,19)16-12(17)9-6-8(13)7-10-11(9)15-4-3-14-10/h3-4,6-7H,2,5H2,1H3,(H,16,17). The van der Waals surface area contributed by atoms with Gasteiger partial charge in [0.1, 0.15) is 11.3 Å². The summed E-state index contributed by atoms with van der Waals surface area (Å²) in [5.74, 6) is -1.78. The summed E-state index contributed by atoms with van der Waals surface area (Å²) in [4.78, 5) is 19.8. The highest BCUT2D eigenvalue weighted by Gasteiger charge is 2.19. The molecule has 0 unspecified atom stereocenters. The summed E-state index contributed by atoms with van der Waals surface area (Å²) in [5, 5.41) is 0. The minimum absolute atomic E-state index is 0.151. The van der Waals surface area contributed by atoms with Crippen LogP contribution in [-0.4, -0.2) is 30.0 Å². The van der Waals surface area contributed by atoms with Crippen LogP contribution in [0.1, 0.15) is 23.7 Å². The van der Waals surface area contributed by atoms with Crippen molar-refractivity contribution in [2.75, 3.05) is 5.75 Å². The van der Waals surface area contributed by atoms with E-state index in [1.165, 1.54) is 12.4 Å². The molecule has 0 aliphatic carbocycles. The maximum absolute atomic E-state index is 13.4. The summed E-state index contributed by atoms with van der Waals surface area (Å²) < 4.78 is 38.5. The van der Waals surface area contributed by atoms with Gasteiger partial charge in [0, 0.05) is 18.5 Å². The summed E-state index contributed by atoms with van der Waals surface area (Å²) >= 11 is 0. The van der Waals surface area contributed by atoms with Crippen LogP contribution in [-0.2, 0) is 10.0 Å². The van der Waals surface area contributed by atoms with Crippen LogP contribution in [0, 0.1) is 5.82 Å². The Morgan fingerprint density at radius 2 is 2.00 bits per heavy atom. The third-order valence-corrected chi connectivity index (χ3v) is 3.95. The third-order valence-electron chi connectivity index (χ3n) is 2.50. The normalized spacial score (nSPS) is 11.5. The van der Waals surface area contributed by atoms with Crippen molar-refractivity contribution in [1.29, 1.82) is 0 Å². The average Bonchev–Trinajstić information content (AvgIpc) is 2.36. The molecule has 1 heterocycles. The van der Waals surface area contributed by atoms with Crippen LogP contribution in [0.25, 0.3) is 11.0 Å². The van der Waals surface area contributed by atoms with Crippen LogP contribution in [0.5, 0.6) is 0 Å². The van der Waals surface area contributed by atoms with Crippen LogP contribution in [0.3, 0.4) is 0 Å². The minimum atomic E-state index is -3.73. The third kappa shape index (κ3) is 3.08. The molecule has 2 aromatic rings. The number of amides is 1. The average molecular weight is 297 g/mol. The Bertz CT molecular complexity index is 762. The Hall–Kier alpha value is -2.09. The van der Waals surface area contributed by atoms with Crippen LogP contribution >= 0.6 is 0 Å². The zero-order valence-corrected chi connectivity index (χ0v) is 11.4. The first kappa shape index (κ1) is 14.3. The van der Waals surface area contributed by atoms with Crippen molar-refractivity contribution in [2.45, 2.75) is 13.3 Å². The molecule has 106 valence electrons. The van der Waals surface area contributed by atoms with E-state index in [1.807, 2.05) is 4.72 Å². The predicted octanol–water partition coefficient (Wildman–Crippen LogP) is 1.24. The molecule has 2 rings (SSSR count). The second-order valence-electron chi connectivity index (χ2n) is 4.13. The van der Waals surface area contributed by atoms with Gasteiger partial charge >= 0.3 is 0 Å². The molecule has 0 saturated heterocycles. The van der Waals surface area contributed by atoms with Crippen molar-refractivity contribution in [1.82, 2.24) is 14.7 Å². The van der Waals surface area contributed by atoms with Crippen molar-refractivity contribution < 1.29 is 17.6 Å². The van der Waals surface area contributed by atoms with Gasteiger partial charge < -0.3 is 0 Å². The molecule has 0 saturated carbocycles. The van der Waals surface area contributed by atoms with E-state index in [0.29, 0.717) is 6.42 Å². The number of carbonyl (C=O) groups is 1. The molecule has 0 radical (unpaired) electrons. The highest BCUT2D eigenvalue weighted by atomic mass is 32.2. The number of nitrogens with zero attached hydrogens (tertiary/aromatic N) is 2. The lowest BCUT2D eigenvalue weighted by molar-refractivity contribution is 0.0982. The summed E-state index contributed by atoms with van der Waals surface area (Å²) in [7, 11) is -3.73. The van der Waals surface area contributed by atoms with E-state index in [1.54, 1.807) is 6.92 Å². The molecule has 0 spiro atoms. The summed E-state index contributed by atoms with van der Waals surface area (Å²) in [5.41, 5.74) is 0.177. The van der Waals surface area contributed by atoms with Gasteiger partial charge in [0.2, 0.25) is 10.0 Å². The lowest BCUT2D eigenvalue weighted by atomic mass is 10.1. The van der Waals surface area contributed by atoms with Crippen molar-refractivity contribution in [2.24, 2.45) is 0 Å². The molecule has 0 atom stereocenters. The number of rotatable bonds is 4. The van der Waals surface area contributed by atoms with Gasteiger partial charge in [0.05, 0.1) is 16.8 Å². The Kier molecular flexibility index (Phi) is 3.93. The first-order valence-corrected chi connectivity index (χ1v) is 7.53. The number of hydrogen-bond acceptors (Lipinski definition) is 5. The molecule has 1 aromatic heterocycles. The van der Waals surface area contributed by atoms with E-state index >= 15 is 0 Å². The van der Waals surface area contributed by atoms with Crippen LogP contribution in [0.15, 0.2) is 24.5 Å². The SMILES string of the molecule is CCCS(=O)(=O)NC(=O)c1cc(F)cc2nccnc12. The second-order valence-corrected chi connectivity index (χ2v) is 5.97. The van der Waals surface area contributed by atoms with Gasteiger partial charge in [-0.2, -0.15) is 0 Å². The second kappa shape index (κ2) is 5.49. The Labute approximate surface area is 115 Å². The summed E-state index contributed by atoms with van der Waals surface area (Å²) in [6.45, 7) is 1.67. The predicted molar refractivity (Wildman–Crippen MR) is 71.0 cm³/mol. The van der Waals surface area contributed by atoms with Gasteiger partial charge in [-0.3, -0.25) is 14.8 Å². The number of aromatic nitrogens is 2. The van der Waals surface area contributed by atoms with E-state index in [-0.39, 0.29) is 22.3 Å². The number of halogens is 1. The van der Waals surface area contributed by atoms with Crippen molar-refractivity contribution >= 4 is 27.0 Å². The van der Waals surface area contributed by atoms with E-state index in [2.05, 4.69) is 9.97 Å². The van der Waals surface area contributed by atoms with Gasteiger partial charge in [-0.25, -0.2) is 17.5 Å². The summed E-state index contributed by atoms with van der Waals surface area (Å²) in [6, 6.07) is 2.06. The van der Waals surface area contributed by atoms with Gasteiger partial charge in [-0.15, -0.1) is 0 Å². The maximum atomic E-state index is 13.4. The van der Waals surface area contributed by atoms with E-state index in [4.69, 9.17) is 0 Å². The van der Waals surface area contributed by atoms with E-state index in [0.717, 1.165) is 12.1 Å². The van der Waals surface area contributed by atoms with Crippen molar-refractivity contribution in [3.8, 4) is 0 Å². The number of nitrogens with one attached hydrogen (secondary N) is 1. The lowest BCUT2D eigenvalue weighted by Crippen LogP contribution is -2.32. The quantitative estimate of drug-likeness (QED) is 0.917. The molecule has 1 amide bonds. The topological polar surface area (TPSA) is 89.0 Å². The molecule has 0 aliphatic rings. The fraction of sp³-hybridized carbons (Fsp3) is 0.250. The van der Waals surface area contributed by atoms with Crippen molar-refractivity contribution in [3.63, 3.8) is 0 Å². The highest BCUT2D eigenvalue weighted by Crippen LogP contribution is 2.16. The number of hydrogen-bond donors (Lipinski definition) is 1. The van der Waals surface area contributed by atoms with E-state index < -0.39 is 21.7 Å². The first-order valence-electron chi connectivity index (χ1n) is 5.88. The molecule has 1 N–H and O–H groups in total. The highest BCUT2D eigenvalue weighted by molar-refractivity contribution is 7.90. The molecule has 6 nitrogen and oxygen atoms in total. The van der Waals surface area contributed by atoms with Gasteiger partial charge in [0.25, 0.3) is 5.91 Å². The molecule has 0 aliphatic heterocycles. The minimum Gasteiger partial charge on any atom is -0.268 e.